The average molecular weight is 311 g/mol. The Bertz CT molecular complexity index is 371. The third-order valence-corrected chi connectivity index (χ3v) is 3.08. The van der Waals surface area contributed by atoms with Crippen LogP contribution in [0.1, 0.15) is 36.0 Å². The van der Waals surface area contributed by atoms with E-state index < -0.39 is 0 Å². The van der Waals surface area contributed by atoms with Gasteiger partial charge in [-0.3, -0.25) is 4.79 Å². The first-order valence-corrected chi connectivity index (χ1v) is 7.00. The van der Waals surface area contributed by atoms with Gasteiger partial charge in [-0.25, -0.2) is 0 Å². The first-order valence-electron chi connectivity index (χ1n) is 6.21. The molecule has 0 radical (unpaired) electrons. The van der Waals surface area contributed by atoms with Gasteiger partial charge in [-0.15, -0.1) is 6.58 Å². The number of allylic oxidation sites excluding steroid dienone is 1. The molecule has 3 heteroatoms. The number of rotatable bonds is 9. The molecule has 0 N–H and O–H groups in total. The molecule has 0 saturated carbocycles. The second-order valence-electron chi connectivity index (χ2n) is 4.08. The largest absolute Gasteiger partial charge is 0.381 e. The highest BCUT2D eigenvalue weighted by atomic mass is 79.9. The van der Waals surface area contributed by atoms with Crippen LogP contribution in [0.15, 0.2) is 41.4 Å². The summed E-state index contributed by atoms with van der Waals surface area (Å²) in [5.74, 6) is 0.178. The molecule has 1 aromatic carbocycles. The van der Waals surface area contributed by atoms with Crippen molar-refractivity contribution in [2.75, 3.05) is 13.2 Å². The molecule has 0 aromatic heterocycles. The van der Waals surface area contributed by atoms with Crippen molar-refractivity contribution in [2.24, 2.45) is 0 Å². The van der Waals surface area contributed by atoms with Crippen LogP contribution in [0.25, 0.3) is 0 Å². The summed E-state index contributed by atoms with van der Waals surface area (Å²) in [5, 5.41) is 0. The van der Waals surface area contributed by atoms with Crippen molar-refractivity contribution in [3.63, 3.8) is 0 Å². The molecule has 0 aliphatic heterocycles. The third-order valence-electron chi connectivity index (χ3n) is 2.56. The molecule has 0 amide bonds. The van der Waals surface area contributed by atoms with Gasteiger partial charge in [0.25, 0.3) is 0 Å². The molecule has 0 unspecified atom stereocenters. The number of carbonyl (C=O) groups excluding carboxylic acids is 1. The number of ketones is 1. The number of ether oxygens (including phenoxy) is 1. The highest BCUT2D eigenvalue weighted by Crippen LogP contribution is 2.12. The van der Waals surface area contributed by atoms with Crippen LogP contribution in [-0.2, 0) is 4.74 Å². The van der Waals surface area contributed by atoms with Crippen LogP contribution in [0.4, 0.5) is 0 Å². The third kappa shape index (κ3) is 6.12. The minimum Gasteiger partial charge on any atom is -0.381 e. The smallest absolute Gasteiger partial charge is 0.162 e. The molecular weight excluding hydrogens is 292 g/mol. The molecule has 2 nitrogen and oxygen atoms in total. The molecule has 0 fully saturated rings. The zero-order valence-corrected chi connectivity index (χ0v) is 12.1. The maximum atomic E-state index is 11.8. The average Bonchev–Trinajstić information content (AvgIpc) is 2.38. The topological polar surface area (TPSA) is 26.3 Å². The Hall–Kier alpha value is -0.930. The highest BCUT2D eigenvalue weighted by Gasteiger charge is 2.04. The normalized spacial score (nSPS) is 10.3. The van der Waals surface area contributed by atoms with Crippen molar-refractivity contribution in [3.05, 3.63) is 47.0 Å². The highest BCUT2D eigenvalue weighted by molar-refractivity contribution is 9.10. The SMILES string of the molecule is C=CCCCOCCCC(=O)c1ccc(Br)cc1. The molecule has 0 heterocycles. The molecule has 1 rings (SSSR count). The monoisotopic (exact) mass is 310 g/mol. The number of unbranched alkanes of at least 4 members (excludes halogenated alkanes) is 1. The van der Waals surface area contributed by atoms with E-state index in [9.17, 15) is 4.79 Å². The van der Waals surface area contributed by atoms with E-state index in [-0.39, 0.29) is 5.78 Å². The van der Waals surface area contributed by atoms with Gasteiger partial charge in [-0.1, -0.05) is 34.1 Å². The Kier molecular flexibility index (Phi) is 7.62. The quantitative estimate of drug-likeness (QED) is 0.384. The van der Waals surface area contributed by atoms with Crippen molar-refractivity contribution >= 4 is 21.7 Å². The van der Waals surface area contributed by atoms with Gasteiger partial charge in [0.2, 0.25) is 0 Å². The van der Waals surface area contributed by atoms with Crippen LogP contribution in [0.2, 0.25) is 0 Å². The lowest BCUT2D eigenvalue weighted by molar-refractivity contribution is 0.0936. The Morgan fingerprint density at radius 2 is 1.89 bits per heavy atom. The van der Waals surface area contributed by atoms with Crippen LogP contribution in [-0.4, -0.2) is 19.0 Å². The minimum atomic E-state index is 0.178. The molecule has 1 aromatic rings. The van der Waals surface area contributed by atoms with E-state index in [4.69, 9.17) is 4.74 Å². The Labute approximate surface area is 117 Å². The second kappa shape index (κ2) is 9.06. The van der Waals surface area contributed by atoms with Gasteiger partial charge in [0, 0.05) is 29.7 Å². The zero-order valence-electron chi connectivity index (χ0n) is 10.5. The molecular formula is C15H19BrO2. The summed E-state index contributed by atoms with van der Waals surface area (Å²) in [6.07, 6.45) is 5.20. The Morgan fingerprint density at radius 1 is 1.22 bits per heavy atom. The van der Waals surface area contributed by atoms with Crippen LogP contribution < -0.4 is 0 Å². The number of hydrogen-bond donors (Lipinski definition) is 0. The summed E-state index contributed by atoms with van der Waals surface area (Å²) in [7, 11) is 0. The van der Waals surface area contributed by atoms with E-state index >= 15 is 0 Å². The predicted octanol–water partition coefficient (Wildman–Crippen LogP) is 4.39. The van der Waals surface area contributed by atoms with E-state index in [2.05, 4.69) is 22.5 Å². The molecule has 98 valence electrons. The van der Waals surface area contributed by atoms with Crippen LogP contribution >= 0.6 is 15.9 Å². The summed E-state index contributed by atoms with van der Waals surface area (Å²) in [5.41, 5.74) is 0.768. The lowest BCUT2D eigenvalue weighted by Crippen LogP contribution is -2.03. The molecule has 0 atom stereocenters. The summed E-state index contributed by atoms with van der Waals surface area (Å²) < 4.78 is 6.42. The number of halogens is 1. The maximum Gasteiger partial charge on any atom is 0.162 e. The van der Waals surface area contributed by atoms with Gasteiger partial charge >= 0.3 is 0 Å². The summed E-state index contributed by atoms with van der Waals surface area (Å²) in [6, 6.07) is 7.47. The van der Waals surface area contributed by atoms with Gasteiger partial charge in [0.1, 0.15) is 0 Å². The van der Waals surface area contributed by atoms with Crippen molar-refractivity contribution in [3.8, 4) is 0 Å². The van der Waals surface area contributed by atoms with Gasteiger partial charge in [0.15, 0.2) is 5.78 Å². The van der Waals surface area contributed by atoms with Gasteiger partial charge < -0.3 is 4.74 Å². The first kappa shape index (κ1) is 15.1. The number of benzene rings is 1. The zero-order chi connectivity index (χ0) is 13.2. The summed E-state index contributed by atoms with van der Waals surface area (Å²) in [4.78, 5) is 11.8. The van der Waals surface area contributed by atoms with Gasteiger partial charge in [0.05, 0.1) is 0 Å². The van der Waals surface area contributed by atoms with E-state index in [1.54, 1.807) is 0 Å². The fraction of sp³-hybridized carbons (Fsp3) is 0.400. The second-order valence-corrected chi connectivity index (χ2v) is 4.99. The lowest BCUT2D eigenvalue weighted by Gasteiger charge is -2.03. The van der Waals surface area contributed by atoms with Crippen LogP contribution in [0.5, 0.6) is 0 Å². The van der Waals surface area contributed by atoms with Crippen molar-refractivity contribution < 1.29 is 9.53 Å². The molecule has 0 aliphatic carbocycles. The van der Waals surface area contributed by atoms with Crippen LogP contribution in [0.3, 0.4) is 0 Å². The molecule has 0 bridgehead atoms. The van der Waals surface area contributed by atoms with Crippen molar-refractivity contribution in [1.29, 1.82) is 0 Å². The fourth-order valence-corrected chi connectivity index (χ4v) is 1.81. The van der Waals surface area contributed by atoms with Gasteiger partial charge in [-0.05, 0) is 31.4 Å². The van der Waals surface area contributed by atoms with Crippen LogP contribution in [0, 0.1) is 0 Å². The molecule has 0 saturated heterocycles. The predicted molar refractivity (Wildman–Crippen MR) is 78.0 cm³/mol. The number of hydrogen-bond acceptors (Lipinski definition) is 2. The van der Waals surface area contributed by atoms with Crippen molar-refractivity contribution in [1.82, 2.24) is 0 Å². The lowest BCUT2D eigenvalue weighted by atomic mass is 10.1. The molecule has 18 heavy (non-hydrogen) atoms. The summed E-state index contributed by atoms with van der Waals surface area (Å²) >= 11 is 3.35. The van der Waals surface area contributed by atoms with E-state index in [0.717, 1.165) is 35.9 Å². The number of Topliss-reactive ketones (excluding diaryl/α,β-unsaturated/α-hetero) is 1. The standard InChI is InChI=1S/C15H19BrO2/c1-2-3-4-11-18-12-5-6-15(17)13-7-9-14(16)10-8-13/h2,7-10H,1,3-6,11-12H2. The van der Waals surface area contributed by atoms with E-state index in [0.29, 0.717) is 13.0 Å². The van der Waals surface area contributed by atoms with E-state index in [1.165, 1.54) is 0 Å². The number of carbonyl (C=O) groups is 1. The molecule has 0 aliphatic rings. The van der Waals surface area contributed by atoms with Gasteiger partial charge in [-0.2, -0.15) is 0 Å². The van der Waals surface area contributed by atoms with E-state index in [1.807, 2.05) is 30.3 Å². The Balaban J connectivity index is 2.13. The fourth-order valence-electron chi connectivity index (χ4n) is 1.55. The first-order chi connectivity index (χ1) is 8.74. The minimum absolute atomic E-state index is 0.178. The molecule has 0 spiro atoms. The van der Waals surface area contributed by atoms with Crippen molar-refractivity contribution in [2.45, 2.75) is 25.7 Å². The Morgan fingerprint density at radius 3 is 2.56 bits per heavy atom. The maximum absolute atomic E-state index is 11.8. The summed E-state index contributed by atoms with van der Waals surface area (Å²) in [6.45, 7) is 5.05.